The molecule has 1 N–H and O–H groups in total. The monoisotopic (exact) mass is 256 g/mol. The highest BCUT2D eigenvalue weighted by molar-refractivity contribution is 7.79. The van der Waals surface area contributed by atoms with E-state index in [4.69, 9.17) is 4.74 Å². The van der Waals surface area contributed by atoms with Crippen molar-refractivity contribution in [2.75, 3.05) is 19.4 Å². The lowest BCUT2D eigenvalue weighted by atomic mass is 10.2. The Morgan fingerprint density at radius 3 is 2.59 bits per heavy atom. The van der Waals surface area contributed by atoms with Crippen LogP contribution in [0, 0.1) is 0 Å². The minimum absolute atomic E-state index is 0.254. The van der Waals surface area contributed by atoms with E-state index < -0.39 is 11.1 Å². The number of unbranched alkanes of at least 4 members (excludes halogenated alkanes) is 1. The van der Waals surface area contributed by atoms with Gasteiger partial charge in [-0.25, -0.2) is 0 Å². The third-order valence-electron chi connectivity index (χ3n) is 2.40. The summed E-state index contributed by atoms with van der Waals surface area (Å²) >= 11 is -1.90. The molecule has 0 spiro atoms. The van der Waals surface area contributed by atoms with E-state index in [2.05, 4.69) is 5.32 Å². The summed E-state index contributed by atoms with van der Waals surface area (Å²) in [6.45, 7) is 1.63. The molecule has 0 aromatic heterocycles. The predicted octanol–water partition coefficient (Wildman–Crippen LogP) is 1.44. The van der Waals surface area contributed by atoms with Crippen LogP contribution in [0.2, 0.25) is 0 Å². The van der Waals surface area contributed by atoms with Crippen molar-refractivity contribution in [3.8, 4) is 5.75 Å². The highest BCUT2D eigenvalue weighted by atomic mass is 32.2. The molecule has 5 heteroatoms. The van der Waals surface area contributed by atoms with Crippen LogP contribution in [0.25, 0.3) is 0 Å². The van der Waals surface area contributed by atoms with Crippen LogP contribution in [-0.2, 0) is 17.6 Å². The first-order valence-corrected chi connectivity index (χ1v) is 6.86. The number of nitrogens with one attached hydrogen (secondary N) is 1. The molecule has 0 amide bonds. The molecule has 0 saturated carbocycles. The van der Waals surface area contributed by atoms with Crippen molar-refractivity contribution >= 4 is 11.1 Å². The summed E-state index contributed by atoms with van der Waals surface area (Å²) in [5.41, 5.74) is 1.19. The van der Waals surface area contributed by atoms with E-state index in [0.29, 0.717) is 6.42 Å². The average Bonchev–Trinajstić information content (AvgIpc) is 2.34. The van der Waals surface area contributed by atoms with Gasteiger partial charge in [0.25, 0.3) is 0 Å². The molecule has 1 rings (SSSR count). The lowest BCUT2D eigenvalue weighted by Crippen LogP contribution is -2.15. The molecular formula is C12H18NO3S-. The largest absolute Gasteiger partial charge is 0.772 e. The summed E-state index contributed by atoms with van der Waals surface area (Å²) in [6.07, 6.45) is 1.59. The minimum Gasteiger partial charge on any atom is -0.772 e. The number of hydrogen-bond acceptors (Lipinski definition) is 4. The van der Waals surface area contributed by atoms with Gasteiger partial charge in [-0.15, -0.1) is 0 Å². The van der Waals surface area contributed by atoms with Gasteiger partial charge < -0.3 is 14.6 Å². The van der Waals surface area contributed by atoms with Crippen LogP contribution in [0.4, 0.5) is 0 Å². The highest BCUT2D eigenvalue weighted by Gasteiger charge is 1.94. The van der Waals surface area contributed by atoms with Crippen LogP contribution in [0.1, 0.15) is 18.4 Å². The molecule has 0 radical (unpaired) electrons. The average molecular weight is 256 g/mol. The van der Waals surface area contributed by atoms with E-state index in [0.717, 1.165) is 25.3 Å². The molecule has 4 nitrogen and oxygen atoms in total. The summed E-state index contributed by atoms with van der Waals surface area (Å²) in [4.78, 5) is 0. The second-order valence-electron chi connectivity index (χ2n) is 3.74. The quantitative estimate of drug-likeness (QED) is 0.565. The second-order valence-corrected chi connectivity index (χ2v) is 4.76. The Balaban J connectivity index is 2.11. The lowest BCUT2D eigenvalue weighted by molar-refractivity contribution is 0.414. The molecule has 1 aromatic carbocycles. The van der Waals surface area contributed by atoms with Crippen LogP contribution in [0.3, 0.4) is 0 Å². The van der Waals surface area contributed by atoms with E-state index >= 15 is 0 Å². The Hall–Kier alpha value is -0.910. The molecular weight excluding hydrogens is 238 g/mol. The van der Waals surface area contributed by atoms with Gasteiger partial charge in [0.2, 0.25) is 0 Å². The molecule has 96 valence electrons. The van der Waals surface area contributed by atoms with Gasteiger partial charge in [0.1, 0.15) is 5.75 Å². The molecule has 0 fully saturated rings. The minimum atomic E-state index is -1.90. The first-order valence-electron chi connectivity index (χ1n) is 5.62. The number of hydrogen-bond donors (Lipinski definition) is 1. The highest BCUT2D eigenvalue weighted by Crippen LogP contribution is 2.10. The topological polar surface area (TPSA) is 61.4 Å². The molecule has 0 bridgehead atoms. The summed E-state index contributed by atoms with van der Waals surface area (Å²) in [6, 6.07) is 7.88. The second kappa shape index (κ2) is 8.22. The summed E-state index contributed by atoms with van der Waals surface area (Å²) in [5.74, 6) is 1.11. The van der Waals surface area contributed by atoms with Gasteiger partial charge in [-0.2, -0.15) is 0 Å². The molecule has 1 unspecified atom stereocenters. The smallest absolute Gasteiger partial charge is 0.118 e. The van der Waals surface area contributed by atoms with Crippen molar-refractivity contribution < 1.29 is 13.5 Å². The Kier molecular flexibility index (Phi) is 6.84. The van der Waals surface area contributed by atoms with Gasteiger partial charge in [0.05, 0.1) is 7.11 Å². The van der Waals surface area contributed by atoms with Gasteiger partial charge in [-0.05, 0) is 37.1 Å². The predicted molar refractivity (Wildman–Crippen MR) is 67.7 cm³/mol. The van der Waals surface area contributed by atoms with Crippen molar-refractivity contribution in [1.29, 1.82) is 0 Å². The van der Waals surface area contributed by atoms with Gasteiger partial charge in [-0.3, -0.25) is 4.21 Å². The van der Waals surface area contributed by atoms with E-state index in [1.807, 2.05) is 24.3 Å². The normalized spacial score (nSPS) is 12.4. The molecule has 0 heterocycles. The van der Waals surface area contributed by atoms with Crippen molar-refractivity contribution in [2.24, 2.45) is 0 Å². The van der Waals surface area contributed by atoms with E-state index in [9.17, 15) is 8.76 Å². The zero-order valence-corrected chi connectivity index (χ0v) is 10.8. The summed E-state index contributed by atoms with van der Waals surface area (Å²) in [7, 11) is 1.65. The van der Waals surface area contributed by atoms with Crippen LogP contribution < -0.4 is 10.1 Å². The Morgan fingerprint density at radius 2 is 2.00 bits per heavy atom. The summed E-state index contributed by atoms with van der Waals surface area (Å²) < 4.78 is 25.6. The van der Waals surface area contributed by atoms with Crippen molar-refractivity contribution in [1.82, 2.24) is 5.32 Å². The third kappa shape index (κ3) is 6.41. The molecule has 0 aliphatic heterocycles. The van der Waals surface area contributed by atoms with Gasteiger partial charge in [-0.1, -0.05) is 23.2 Å². The fourth-order valence-corrected chi connectivity index (χ4v) is 1.89. The number of methoxy groups -OCH3 is 1. The third-order valence-corrected chi connectivity index (χ3v) is 3.02. The van der Waals surface area contributed by atoms with Crippen molar-refractivity contribution in [2.45, 2.75) is 19.4 Å². The molecule has 1 aromatic rings. The van der Waals surface area contributed by atoms with Crippen molar-refractivity contribution in [3.05, 3.63) is 29.8 Å². The number of benzene rings is 1. The molecule has 1 atom stereocenters. The molecule has 0 aliphatic rings. The zero-order valence-electron chi connectivity index (χ0n) is 9.98. The molecule has 17 heavy (non-hydrogen) atoms. The Labute approximate surface area is 105 Å². The fourth-order valence-electron chi connectivity index (χ4n) is 1.45. The van der Waals surface area contributed by atoms with Crippen LogP contribution in [-0.4, -0.2) is 28.2 Å². The maximum absolute atomic E-state index is 10.3. The lowest BCUT2D eigenvalue weighted by Gasteiger charge is -2.07. The van der Waals surface area contributed by atoms with E-state index in [1.165, 1.54) is 5.56 Å². The SMILES string of the molecule is COc1ccc(CNCCCCS(=O)[O-])cc1. The maximum atomic E-state index is 10.3. The van der Waals surface area contributed by atoms with E-state index in [1.54, 1.807) is 7.11 Å². The van der Waals surface area contributed by atoms with Gasteiger partial charge >= 0.3 is 0 Å². The Morgan fingerprint density at radius 1 is 1.29 bits per heavy atom. The first-order chi connectivity index (χ1) is 8.22. The standard InChI is InChI=1S/C12H19NO3S/c1-16-12-6-4-11(5-7-12)10-13-8-2-3-9-17(14)15/h4-7,13H,2-3,8-10H2,1H3,(H,14,15)/p-1. The van der Waals surface area contributed by atoms with Crippen LogP contribution in [0.15, 0.2) is 24.3 Å². The fraction of sp³-hybridized carbons (Fsp3) is 0.500. The zero-order chi connectivity index (χ0) is 12.5. The number of rotatable bonds is 8. The maximum Gasteiger partial charge on any atom is 0.118 e. The Bertz CT molecular complexity index is 340. The molecule has 0 aliphatic carbocycles. The van der Waals surface area contributed by atoms with Gasteiger partial charge in [0.15, 0.2) is 0 Å². The van der Waals surface area contributed by atoms with Crippen LogP contribution in [0.5, 0.6) is 5.75 Å². The number of ether oxygens (including phenoxy) is 1. The summed E-state index contributed by atoms with van der Waals surface area (Å²) in [5, 5.41) is 3.27. The van der Waals surface area contributed by atoms with Gasteiger partial charge in [0, 0.05) is 12.3 Å². The molecule has 0 saturated heterocycles. The first kappa shape index (κ1) is 14.2. The van der Waals surface area contributed by atoms with Crippen molar-refractivity contribution in [3.63, 3.8) is 0 Å². The van der Waals surface area contributed by atoms with Crippen LogP contribution >= 0.6 is 0 Å². The van der Waals surface area contributed by atoms with E-state index in [-0.39, 0.29) is 5.75 Å².